The van der Waals surface area contributed by atoms with Gasteiger partial charge >= 0.3 is 0 Å². The summed E-state index contributed by atoms with van der Waals surface area (Å²) in [5.74, 6) is 0. The standard InChI is InChI=1S/C38H62N2/c1-4-7-8-9-10-11-12-13-14-15-16-17-18-19-20-21-30-39-31-29-38-35(23-22-24-36(38)33-39)32-34-25-27-37(28-26-34)40(5-2)6-3/h25-29,31-32H,4-24,30,33H2,1-3H3. The van der Waals surface area contributed by atoms with Crippen molar-refractivity contribution >= 4 is 11.8 Å². The lowest BCUT2D eigenvalue weighted by Gasteiger charge is -2.31. The molecule has 0 radical (unpaired) electrons. The molecule has 0 aromatic heterocycles. The average molecular weight is 547 g/mol. The van der Waals surface area contributed by atoms with E-state index in [1.165, 1.54) is 151 Å². The molecule has 0 spiro atoms. The summed E-state index contributed by atoms with van der Waals surface area (Å²) in [7, 11) is 0. The summed E-state index contributed by atoms with van der Waals surface area (Å²) >= 11 is 0. The molecule has 0 amide bonds. The molecule has 3 rings (SSSR count). The van der Waals surface area contributed by atoms with Gasteiger partial charge in [-0.1, -0.05) is 121 Å². The number of benzene rings is 1. The van der Waals surface area contributed by atoms with Crippen LogP contribution in [0.3, 0.4) is 0 Å². The highest BCUT2D eigenvalue weighted by Crippen LogP contribution is 2.35. The molecule has 1 heterocycles. The minimum Gasteiger partial charge on any atom is -0.373 e. The molecule has 2 nitrogen and oxygen atoms in total. The molecule has 1 aromatic rings. The van der Waals surface area contributed by atoms with Crippen LogP contribution in [-0.4, -0.2) is 31.1 Å². The Morgan fingerprint density at radius 3 is 1.77 bits per heavy atom. The van der Waals surface area contributed by atoms with E-state index in [0.717, 1.165) is 19.6 Å². The molecule has 1 aromatic carbocycles. The molecule has 0 bridgehead atoms. The van der Waals surface area contributed by atoms with E-state index in [1.54, 1.807) is 5.57 Å². The van der Waals surface area contributed by atoms with Crippen LogP contribution < -0.4 is 4.90 Å². The lowest BCUT2D eigenvalue weighted by molar-refractivity contribution is 0.375. The highest BCUT2D eigenvalue weighted by Gasteiger charge is 2.20. The fourth-order valence-electron chi connectivity index (χ4n) is 6.59. The second-order valence-electron chi connectivity index (χ2n) is 12.4. The van der Waals surface area contributed by atoms with Gasteiger partial charge in [0, 0.05) is 31.9 Å². The van der Waals surface area contributed by atoms with E-state index in [2.05, 4.69) is 73.2 Å². The van der Waals surface area contributed by atoms with Crippen molar-refractivity contribution in [2.75, 3.05) is 31.1 Å². The topological polar surface area (TPSA) is 6.48 Å². The maximum absolute atomic E-state index is 2.57. The molecule has 1 aliphatic carbocycles. The van der Waals surface area contributed by atoms with E-state index in [1.807, 2.05) is 0 Å². The summed E-state index contributed by atoms with van der Waals surface area (Å²) in [5.41, 5.74) is 7.40. The van der Waals surface area contributed by atoms with Gasteiger partial charge in [-0.05, 0) is 86.2 Å². The Morgan fingerprint density at radius 1 is 0.675 bits per heavy atom. The first kappa shape index (κ1) is 32.6. The molecule has 0 N–H and O–H groups in total. The smallest absolute Gasteiger partial charge is 0.0392 e. The first-order valence-corrected chi connectivity index (χ1v) is 17.4. The van der Waals surface area contributed by atoms with Gasteiger partial charge in [0.15, 0.2) is 0 Å². The SMILES string of the molecule is CCCCCCCCCCCCCCCCCCN1C=CC2=C(CCCC2=Cc2ccc(N(CC)CC)cc2)C1. The molecule has 2 aliphatic rings. The first-order valence-electron chi connectivity index (χ1n) is 17.4. The second kappa shape index (κ2) is 20.0. The van der Waals surface area contributed by atoms with Crippen molar-refractivity contribution in [3.8, 4) is 0 Å². The lowest BCUT2D eigenvalue weighted by atomic mass is 9.84. The fraction of sp³-hybridized carbons (Fsp3) is 0.684. The molecule has 0 unspecified atom stereocenters. The molecule has 0 atom stereocenters. The van der Waals surface area contributed by atoms with Crippen molar-refractivity contribution in [1.82, 2.24) is 4.90 Å². The van der Waals surface area contributed by atoms with Crippen LogP contribution >= 0.6 is 0 Å². The maximum Gasteiger partial charge on any atom is 0.0392 e. The Balaban J connectivity index is 1.25. The van der Waals surface area contributed by atoms with Gasteiger partial charge in [-0.15, -0.1) is 0 Å². The summed E-state index contributed by atoms with van der Waals surface area (Å²) in [6.07, 6.45) is 34.0. The third-order valence-corrected chi connectivity index (χ3v) is 9.16. The largest absolute Gasteiger partial charge is 0.373 e. The third-order valence-electron chi connectivity index (χ3n) is 9.16. The van der Waals surface area contributed by atoms with Gasteiger partial charge in [0.2, 0.25) is 0 Å². The predicted molar refractivity (Wildman–Crippen MR) is 179 cm³/mol. The maximum atomic E-state index is 2.57. The number of hydrogen-bond acceptors (Lipinski definition) is 2. The molecule has 0 fully saturated rings. The molecular weight excluding hydrogens is 484 g/mol. The lowest BCUT2D eigenvalue weighted by Crippen LogP contribution is -2.26. The monoisotopic (exact) mass is 546 g/mol. The zero-order valence-electron chi connectivity index (χ0n) is 26.7. The van der Waals surface area contributed by atoms with Crippen molar-refractivity contribution in [2.24, 2.45) is 0 Å². The zero-order valence-corrected chi connectivity index (χ0v) is 26.7. The molecule has 40 heavy (non-hydrogen) atoms. The van der Waals surface area contributed by atoms with Crippen molar-refractivity contribution in [3.05, 3.63) is 58.8 Å². The molecule has 2 heteroatoms. The van der Waals surface area contributed by atoms with Crippen LogP contribution in [0.25, 0.3) is 6.08 Å². The Kier molecular flexibility index (Phi) is 16.3. The van der Waals surface area contributed by atoms with Gasteiger partial charge in [0.25, 0.3) is 0 Å². The van der Waals surface area contributed by atoms with E-state index in [-0.39, 0.29) is 0 Å². The molecule has 1 aliphatic heterocycles. The summed E-state index contributed by atoms with van der Waals surface area (Å²) < 4.78 is 0. The van der Waals surface area contributed by atoms with Crippen LogP contribution in [0.1, 0.15) is 148 Å². The first-order chi connectivity index (χ1) is 19.7. The van der Waals surface area contributed by atoms with Gasteiger partial charge in [0.05, 0.1) is 0 Å². The van der Waals surface area contributed by atoms with Crippen LogP contribution in [0.4, 0.5) is 5.69 Å². The highest BCUT2D eigenvalue weighted by molar-refractivity contribution is 5.65. The van der Waals surface area contributed by atoms with Crippen molar-refractivity contribution in [3.63, 3.8) is 0 Å². The minimum atomic E-state index is 1.06. The average Bonchev–Trinajstić information content (AvgIpc) is 2.98. The van der Waals surface area contributed by atoms with Crippen LogP contribution in [0.5, 0.6) is 0 Å². The number of unbranched alkanes of at least 4 members (excludes halogenated alkanes) is 15. The van der Waals surface area contributed by atoms with Crippen molar-refractivity contribution in [1.29, 1.82) is 0 Å². The van der Waals surface area contributed by atoms with Gasteiger partial charge in [-0.2, -0.15) is 0 Å². The zero-order chi connectivity index (χ0) is 28.3. The van der Waals surface area contributed by atoms with E-state index in [0.29, 0.717) is 0 Å². The van der Waals surface area contributed by atoms with E-state index in [9.17, 15) is 0 Å². The molecule has 224 valence electrons. The van der Waals surface area contributed by atoms with Gasteiger partial charge in [-0.3, -0.25) is 0 Å². The number of anilines is 1. The second-order valence-corrected chi connectivity index (χ2v) is 12.4. The van der Waals surface area contributed by atoms with E-state index < -0.39 is 0 Å². The number of allylic oxidation sites excluding steroid dienone is 3. The fourth-order valence-corrected chi connectivity index (χ4v) is 6.59. The number of rotatable bonds is 21. The Hall–Kier alpha value is -1.96. The predicted octanol–water partition coefficient (Wildman–Crippen LogP) is 11.5. The Morgan fingerprint density at radius 2 is 1.23 bits per heavy atom. The normalized spacial score (nSPS) is 16.2. The summed E-state index contributed by atoms with van der Waals surface area (Å²) in [5, 5.41) is 0. The minimum absolute atomic E-state index is 1.06. The number of hydrogen-bond donors (Lipinski definition) is 0. The van der Waals surface area contributed by atoms with Crippen LogP contribution in [0.2, 0.25) is 0 Å². The van der Waals surface area contributed by atoms with Gasteiger partial charge in [-0.25, -0.2) is 0 Å². The van der Waals surface area contributed by atoms with E-state index in [4.69, 9.17) is 0 Å². The van der Waals surface area contributed by atoms with Crippen LogP contribution in [-0.2, 0) is 0 Å². The highest BCUT2D eigenvalue weighted by atomic mass is 15.1. The summed E-state index contributed by atoms with van der Waals surface area (Å²) in [4.78, 5) is 4.99. The van der Waals surface area contributed by atoms with Crippen LogP contribution in [0.15, 0.2) is 53.3 Å². The van der Waals surface area contributed by atoms with Crippen LogP contribution in [0, 0.1) is 0 Å². The summed E-state index contributed by atoms with van der Waals surface area (Å²) in [6.45, 7) is 11.3. The number of nitrogens with zero attached hydrogens (tertiary/aromatic N) is 2. The molecular formula is C38H62N2. The van der Waals surface area contributed by atoms with Gasteiger partial charge < -0.3 is 9.80 Å². The Bertz CT molecular complexity index is 887. The van der Waals surface area contributed by atoms with Crippen molar-refractivity contribution in [2.45, 2.75) is 143 Å². The third kappa shape index (κ3) is 11.9. The Labute approximate surface area is 249 Å². The van der Waals surface area contributed by atoms with Gasteiger partial charge in [0.1, 0.15) is 0 Å². The molecule has 0 saturated heterocycles. The molecule has 0 saturated carbocycles. The quantitative estimate of drug-likeness (QED) is 0.141. The van der Waals surface area contributed by atoms with E-state index >= 15 is 0 Å². The summed E-state index contributed by atoms with van der Waals surface area (Å²) in [6, 6.07) is 9.17. The van der Waals surface area contributed by atoms with Crippen molar-refractivity contribution < 1.29 is 0 Å².